The minimum Gasteiger partial charge on any atom is -0.353 e. The van der Waals surface area contributed by atoms with Gasteiger partial charge in [-0.25, -0.2) is 9.97 Å². The van der Waals surface area contributed by atoms with Gasteiger partial charge in [0.15, 0.2) is 5.82 Å². The molecule has 2 heterocycles. The van der Waals surface area contributed by atoms with Crippen LogP contribution in [0.5, 0.6) is 0 Å². The van der Waals surface area contributed by atoms with Gasteiger partial charge >= 0.3 is 0 Å². The van der Waals surface area contributed by atoms with Crippen LogP contribution in [0.2, 0.25) is 0 Å². The molecule has 1 saturated heterocycles. The lowest BCUT2D eigenvalue weighted by molar-refractivity contribution is 0.582. The Morgan fingerprint density at radius 3 is 2.56 bits per heavy atom. The molecule has 0 spiro atoms. The van der Waals surface area contributed by atoms with Crippen molar-refractivity contribution in [1.82, 2.24) is 15.3 Å². The molecule has 18 heavy (non-hydrogen) atoms. The van der Waals surface area contributed by atoms with Crippen LogP contribution >= 0.6 is 24.2 Å². The van der Waals surface area contributed by atoms with Gasteiger partial charge in [-0.15, -0.1) is 24.2 Å². The van der Waals surface area contributed by atoms with E-state index in [1.807, 2.05) is 13.2 Å². The highest BCUT2D eigenvalue weighted by molar-refractivity contribution is 7.98. The summed E-state index contributed by atoms with van der Waals surface area (Å²) in [5, 5.41) is 13.3. The molecule has 0 saturated carbocycles. The molecular weight excluding hydrogens is 270 g/mol. The lowest BCUT2D eigenvalue weighted by Crippen LogP contribution is -2.44. The number of hydrogen-bond acceptors (Lipinski definition) is 6. The second-order valence-electron chi connectivity index (χ2n) is 3.83. The van der Waals surface area contributed by atoms with Gasteiger partial charge in [-0.2, -0.15) is 5.26 Å². The standard InChI is InChI=1S/C11H15N5S.ClH/c1-8-14-10(16-5-3-13-4-6-16)9(7-12)11(15-8)17-2;/h13H,3-6H2,1-2H3;1H. The second-order valence-corrected chi connectivity index (χ2v) is 4.62. The number of halogens is 1. The summed E-state index contributed by atoms with van der Waals surface area (Å²) in [7, 11) is 0. The number of piperazine rings is 1. The smallest absolute Gasteiger partial charge is 0.151 e. The van der Waals surface area contributed by atoms with E-state index in [2.05, 4.69) is 26.3 Å². The maximum atomic E-state index is 9.27. The third-order valence-corrected chi connectivity index (χ3v) is 3.37. The zero-order chi connectivity index (χ0) is 12.3. The minimum atomic E-state index is 0. The summed E-state index contributed by atoms with van der Waals surface area (Å²) in [5.74, 6) is 1.51. The van der Waals surface area contributed by atoms with Crippen LogP contribution in [0.25, 0.3) is 0 Å². The molecule has 1 aliphatic rings. The minimum absolute atomic E-state index is 0. The van der Waals surface area contributed by atoms with Crippen molar-refractivity contribution in [3.63, 3.8) is 0 Å². The summed E-state index contributed by atoms with van der Waals surface area (Å²) in [5.41, 5.74) is 0.602. The van der Waals surface area contributed by atoms with Crippen molar-refractivity contribution < 1.29 is 0 Å². The van der Waals surface area contributed by atoms with Gasteiger partial charge in [-0.3, -0.25) is 0 Å². The molecule has 1 aromatic rings. The first-order chi connectivity index (χ1) is 8.26. The van der Waals surface area contributed by atoms with E-state index in [1.54, 1.807) is 0 Å². The molecule has 0 amide bonds. The molecule has 0 bridgehead atoms. The van der Waals surface area contributed by atoms with Gasteiger partial charge in [0.2, 0.25) is 0 Å². The number of rotatable bonds is 2. The Balaban J connectivity index is 0.00000162. The molecule has 7 heteroatoms. The van der Waals surface area contributed by atoms with E-state index >= 15 is 0 Å². The van der Waals surface area contributed by atoms with Crippen LogP contribution in [-0.4, -0.2) is 42.4 Å². The fraction of sp³-hybridized carbons (Fsp3) is 0.545. The Kier molecular flexibility index (Phi) is 5.66. The molecule has 0 aromatic carbocycles. The first kappa shape index (κ1) is 15.0. The third-order valence-electron chi connectivity index (χ3n) is 2.69. The highest BCUT2D eigenvalue weighted by Gasteiger charge is 2.19. The number of nitrogens with zero attached hydrogens (tertiary/aromatic N) is 4. The molecule has 5 nitrogen and oxygen atoms in total. The predicted molar refractivity (Wildman–Crippen MR) is 75.6 cm³/mol. The average Bonchev–Trinajstić information content (AvgIpc) is 2.38. The van der Waals surface area contributed by atoms with Gasteiger partial charge in [0.05, 0.1) is 0 Å². The van der Waals surface area contributed by atoms with Crippen molar-refractivity contribution in [2.75, 3.05) is 37.3 Å². The average molecular weight is 286 g/mol. The fourth-order valence-electron chi connectivity index (χ4n) is 1.88. The van der Waals surface area contributed by atoms with Gasteiger partial charge in [0.1, 0.15) is 22.5 Å². The number of aryl methyl sites for hydroxylation is 1. The highest BCUT2D eigenvalue weighted by Crippen LogP contribution is 2.26. The molecule has 0 aliphatic carbocycles. The molecule has 1 N–H and O–H groups in total. The maximum absolute atomic E-state index is 9.27. The summed E-state index contributed by atoms with van der Waals surface area (Å²) >= 11 is 1.50. The SMILES string of the molecule is CSc1nc(C)nc(N2CCNCC2)c1C#N.Cl. The third kappa shape index (κ3) is 3.05. The monoisotopic (exact) mass is 285 g/mol. The first-order valence-electron chi connectivity index (χ1n) is 5.54. The van der Waals surface area contributed by atoms with Crippen LogP contribution in [0.15, 0.2) is 5.03 Å². The van der Waals surface area contributed by atoms with Crippen molar-refractivity contribution in [3.05, 3.63) is 11.4 Å². The molecule has 1 aromatic heterocycles. The summed E-state index contributed by atoms with van der Waals surface area (Å²) < 4.78 is 0. The van der Waals surface area contributed by atoms with Crippen LogP contribution in [0.3, 0.4) is 0 Å². The second kappa shape index (κ2) is 6.78. The van der Waals surface area contributed by atoms with E-state index in [0.717, 1.165) is 42.8 Å². The summed E-state index contributed by atoms with van der Waals surface area (Å²) in [6.45, 7) is 5.51. The first-order valence-corrected chi connectivity index (χ1v) is 6.77. The van der Waals surface area contributed by atoms with E-state index in [1.165, 1.54) is 11.8 Å². The Morgan fingerprint density at radius 1 is 1.33 bits per heavy atom. The van der Waals surface area contributed by atoms with Gasteiger partial charge in [-0.05, 0) is 13.2 Å². The highest BCUT2D eigenvalue weighted by atomic mass is 35.5. The van der Waals surface area contributed by atoms with Gasteiger partial charge in [0.25, 0.3) is 0 Å². The molecule has 0 unspecified atom stereocenters. The maximum Gasteiger partial charge on any atom is 0.151 e. The largest absolute Gasteiger partial charge is 0.353 e. The quantitative estimate of drug-likeness (QED) is 0.651. The molecule has 0 radical (unpaired) electrons. The van der Waals surface area contributed by atoms with Crippen LogP contribution in [0.1, 0.15) is 11.4 Å². The Labute approximate surface area is 117 Å². The van der Waals surface area contributed by atoms with E-state index in [-0.39, 0.29) is 12.4 Å². The van der Waals surface area contributed by atoms with Crippen LogP contribution in [0.4, 0.5) is 5.82 Å². The number of anilines is 1. The van der Waals surface area contributed by atoms with Crippen molar-refractivity contribution in [1.29, 1.82) is 5.26 Å². The zero-order valence-corrected chi connectivity index (χ0v) is 12.1. The summed E-state index contributed by atoms with van der Waals surface area (Å²) in [6.07, 6.45) is 1.93. The van der Waals surface area contributed by atoms with Crippen molar-refractivity contribution in [3.8, 4) is 6.07 Å². The lowest BCUT2D eigenvalue weighted by Gasteiger charge is -2.29. The molecule has 0 atom stereocenters. The van der Waals surface area contributed by atoms with Crippen molar-refractivity contribution in [2.24, 2.45) is 0 Å². The van der Waals surface area contributed by atoms with Crippen LogP contribution in [0, 0.1) is 18.3 Å². The van der Waals surface area contributed by atoms with E-state index in [4.69, 9.17) is 0 Å². The number of nitriles is 1. The number of nitrogens with one attached hydrogen (secondary N) is 1. The normalized spacial score (nSPS) is 14.8. The Morgan fingerprint density at radius 2 is 2.00 bits per heavy atom. The summed E-state index contributed by atoms with van der Waals surface area (Å²) in [6, 6.07) is 2.23. The number of hydrogen-bond donors (Lipinski definition) is 1. The topological polar surface area (TPSA) is 64.8 Å². The van der Waals surface area contributed by atoms with Crippen LogP contribution in [-0.2, 0) is 0 Å². The fourth-order valence-corrected chi connectivity index (χ4v) is 2.45. The van der Waals surface area contributed by atoms with Gasteiger partial charge < -0.3 is 10.2 Å². The van der Waals surface area contributed by atoms with Crippen molar-refractivity contribution in [2.45, 2.75) is 11.9 Å². The number of aromatic nitrogens is 2. The van der Waals surface area contributed by atoms with Gasteiger partial charge in [-0.1, -0.05) is 0 Å². The molecular formula is C11H16ClN5S. The van der Waals surface area contributed by atoms with Crippen LogP contribution < -0.4 is 10.2 Å². The summed E-state index contributed by atoms with van der Waals surface area (Å²) in [4.78, 5) is 10.9. The number of thioether (sulfide) groups is 1. The van der Waals surface area contributed by atoms with Crippen molar-refractivity contribution >= 4 is 30.0 Å². The predicted octanol–water partition coefficient (Wildman–Crippen LogP) is 1.21. The molecule has 1 aliphatic heterocycles. The molecule has 2 rings (SSSR count). The molecule has 98 valence electrons. The van der Waals surface area contributed by atoms with E-state index < -0.39 is 0 Å². The molecule has 1 fully saturated rings. The van der Waals surface area contributed by atoms with Gasteiger partial charge in [0, 0.05) is 26.2 Å². The van der Waals surface area contributed by atoms with E-state index in [0.29, 0.717) is 5.56 Å². The Bertz CT molecular complexity index is 453. The van der Waals surface area contributed by atoms with E-state index in [9.17, 15) is 5.26 Å². The lowest BCUT2D eigenvalue weighted by atomic mass is 10.2. The Hall–Kier alpha value is -1.03. The zero-order valence-electron chi connectivity index (χ0n) is 10.4.